The number of benzene rings is 2. The highest BCUT2D eigenvalue weighted by Gasteiger charge is 2.11. The Balaban J connectivity index is 1.81. The van der Waals surface area contributed by atoms with Gasteiger partial charge in [-0.3, -0.25) is 4.79 Å². The Morgan fingerprint density at radius 2 is 1.96 bits per heavy atom. The molecule has 4 rings (SSSR count). The van der Waals surface area contributed by atoms with E-state index in [9.17, 15) is 9.18 Å². The van der Waals surface area contributed by atoms with Crippen LogP contribution in [0.25, 0.3) is 22.4 Å². The van der Waals surface area contributed by atoms with Crippen molar-refractivity contribution in [2.75, 3.05) is 0 Å². The van der Waals surface area contributed by atoms with Crippen molar-refractivity contribution in [3.05, 3.63) is 79.3 Å². The predicted molar refractivity (Wildman–Crippen MR) is 95.5 cm³/mol. The van der Waals surface area contributed by atoms with Crippen LogP contribution in [0.5, 0.6) is 0 Å². The largest absolute Gasteiger partial charge is 0.291 e. The SMILES string of the molecule is O=c1/c(=C/c2cccc(F)c2)sc2nc(-c3ccc(Br)cc3)nn12. The second-order valence-electron chi connectivity index (χ2n) is 5.11. The lowest BCUT2D eigenvalue weighted by Crippen LogP contribution is -2.23. The molecule has 0 spiro atoms. The molecule has 0 bridgehead atoms. The average molecular weight is 402 g/mol. The van der Waals surface area contributed by atoms with Crippen molar-refractivity contribution in [2.45, 2.75) is 0 Å². The van der Waals surface area contributed by atoms with Crippen LogP contribution < -0.4 is 10.1 Å². The molecule has 0 aliphatic rings. The summed E-state index contributed by atoms with van der Waals surface area (Å²) in [5.74, 6) is 0.163. The van der Waals surface area contributed by atoms with E-state index in [1.54, 1.807) is 18.2 Å². The van der Waals surface area contributed by atoms with Gasteiger partial charge in [0.05, 0.1) is 4.53 Å². The van der Waals surface area contributed by atoms with Gasteiger partial charge in [0.2, 0.25) is 4.96 Å². The van der Waals surface area contributed by atoms with Crippen LogP contribution in [0.3, 0.4) is 0 Å². The highest BCUT2D eigenvalue weighted by atomic mass is 79.9. The van der Waals surface area contributed by atoms with Gasteiger partial charge in [0.15, 0.2) is 5.82 Å². The summed E-state index contributed by atoms with van der Waals surface area (Å²) in [6.07, 6.45) is 1.64. The number of aromatic nitrogens is 3. The Kier molecular flexibility index (Phi) is 3.74. The van der Waals surface area contributed by atoms with E-state index in [0.717, 1.165) is 10.0 Å². The molecule has 0 unspecified atom stereocenters. The van der Waals surface area contributed by atoms with Crippen LogP contribution in [0.1, 0.15) is 5.56 Å². The van der Waals surface area contributed by atoms with Crippen molar-refractivity contribution in [2.24, 2.45) is 0 Å². The van der Waals surface area contributed by atoms with Crippen LogP contribution in [0.15, 0.2) is 57.8 Å². The van der Waals surface area contributed by atoms with Gasteiger partial charge >= 0.3 is 0 Å². The Labute approximate surface area is 148 Å². The Hall–Kier alpha value is -2.38. The van der Waals surface area contributed by atoms with E-state index >= 15 is 0 Å². The third-order valence-corrected chi connectivity index (χ3v) is 4.92. The highest BCUT2D eigenvalue weighted by molar-refractivity contribution is 9.10. The summed E-state index contributed by atoms with van der Waals surface area (Å²) in [7, 11) is 0. The van der Waals surface area contributed by atoms with Crippen molar-refractivity contribution < 1.29 is 4.39 Å². The number of hydrogen-bond acceptors (Lipinski definition) is 4. The van der Waals surface area contributed by atoms with Crippen LogP contribution in [0.2, 0.25) is 0 Å². The highest BCUT2D eigenvalue weighted by Crippen LogP contribution is 2.19. The molecule has 0 radical (unpaired) electrons. The third kappa shape index (κ3) is 2.76. The zero-order valence-electron chi connectivity index (χ0n) is 12.1. The van der Waals surface area contributed by atoms with E-state index in [-0.39, 0.29) is 11.4 Å². The molecule has 2 aromatic carbocycles. The fourth-order valence-electron chi connectivity index (χ4n) is 2.30. The second-order valence-corrected chi connectivity index (χ2v) is 7.03. The number of rotatable bonds is 2. The Morgan fingerprint density at radius 1 is 1.17 bits per heavy atom. The molecule has 0 atom stereocenters. The number of thiazole rings is 1. The van der Waals surface area contributed by atoms with E-state index in [1.807, 2.05) is 24.3 Å². The first-order valence-corrected chi connectivity index (χ1v) is 8.64. The fraction of sp³-hybridized carbons (Fsp3) is 0. The lowest BCUT2D eigenvalue weighted by atomic mass is 10.2. The molecule has 0 saturated heterocycles. The minimum atomic E-state index is -0.340. The Morgan fingerprint density at radius 3 is 2.67 bits per heavy atom. The molecular weight excluding hydrogens is 393 g/mol. The van der Waals surface area contributed by atoms with Gasteiger partial charge in [0.1, 0.15) is 5.82 Å². The summed E-state index contributed by atoms with van der Waals surface area (Å²) in [5.41, 5.74) is 1.21. The number of fused-ring (bicyclic) bond motifs is 1. The van der Waals surface area contributed by atoms with Crippen molar-refractivity contribution in [1.82, 2.24) is 14.6 Å². The van der Waals surface area contributed by atoms with Crippen molar-refractivity contribution in [1.29, 1.82) is 0 Å². The monoisotopic (exact) mass is 401 g/mol. The van der Waals surface area contributed by atoms with Gasteiger partial charge in [0, 0.05) is 10.0 Å². The van der Waals surface area contributed by atoms with E-state index in [4.69, 9.17) is 0 Å². The van der Waals surface area contributed by atoms with Crippen LogP contribution >= 0.6 is 27.3 Å². The maximum Gasteiger partial charge on any atom is 0.291 e. The topological polar surface area (TPSA) is 47.3 Å². The van der Waals surface area contributed by atoms with E-state index < -0.39 is 0 Å². The molecular formula is C17H9BrFN3OS. The van der Waals surface area contributed by atoms with Crippen molar-refractivity contribution >= 4 is 38.3 Å². The minimum absolute atomic E-state index is 0.255. The van der Waals surface area contributed by atoms with Gasteiger partial charge in [-0.2, -0.15) is 9.50 Å². The van der Waals surface area contributed by atoms with Gasteiger partial charge in [-0.05, 0) is 35.9 Å². The summed E-state index contributed by atoms with van der Waals surface area (Å²) in [6.45, 7) is 0. The molecule has 0 aliphatic heterocycles. The smallest absolute Gasteiger partial charge is 0.266 e. The second kappa shape index (κ2) is 5.92. The van der Waals surface area contributed by atoms with Crippen LogP contribution in [-0.2, 0) is 0 Å². The first kappa shape index (κ1) is 15.2. The molecule has 4 aromatic rings. The van der Waals surface area contributed by atoms with E-state index in [0.29, 0.717) is 20.9 Å². The normalized spacial score (nSPS) is 12.2. The summed E-state index contributed by atoms with van der Waals surface area (Å²) in [6, 6.07) is 13.6. The summed E-state index contributed by atoms with van der Waals surface area (Å²) in [5, 5.41) is 4.29. The summed E-state index contributed by atoms with van der Waals surface area (Å²) in [4.78, 5) is 17.4. The lowest BCUT2D eigenvalue weighted by molar-refractivity contribution is 0.627. The quantitative estimate of drug-likeness (QED) is 0.517. The molecule has 24 heavy (non-hydrogen) atoms. The van der Waals surface area contributed by atoms with Crippen molar-refractivity contribution in [3.8, 4) is 11.4 Å². The molecule has 0 amide bonds. The minimum Gasteiger partial charge on any atom is -0.266 e. The molecule has 7 heteroatoms. The zero-order chi connectivity index (χ0) is 16.7. The van der Waals surface area contributed by atoms with Gasteiger partial charge in [-0.15, -0.1) is 5.10 Å². The molecule has 4 nitrogen and oxygen atoms in total. The molecule has 2 aromatic heterocycles. The first-order valence-electron chi connectivity index (χ1n) is 7.03. The van der Waals surface area contributed by atoms with Gasteiger partial charge < -0.3 is 0 Å². The standard InChI is InChI=1S/C17H9BrFN3OS/c18-12-6-4-11(5-7-12)15-20-17-22(21-15)16(23)14(24-17)9-10-2-1-3-13(19)8-10/h1-9H/b14-9-. The first-order chi connectivity index (χ1) is 11.6. The van der Waals surface area contributed by atoms with Crippen LogP contribution in [0.4, 0.5) is 4.39 Å². The van der Waals surface area contributed by atoms with Crippen LogP contribution in [0, 0.1) is 5.82 Å². The van der Waals surface area contributed by atoms with Gasteiger partial charge in [-0.25, -0.2) is 4.39 Å². The van der Waals surface area contributed by atoms with Gasteiger partial charge in [0.25, 0.3) is 5.56 Å². The number of hydrogen-bond donors (Lipinski definition) is 0. The average Bonchev–Trinajstić information content (AvgIpc) is 3.09. The summed E-state index contributed by atoms with van der Waals surface area (Å²) < 4.78 is 16.0. The number of nitrogens with zero attached hydrogens (tertiary/aromatic N) is 3. The van der Waals surface area contributed by atoms with E-state index in [1.165, 1.54) is 28.0 Å². The fourth-order valence-corrected chi connectivity index (χ4v) is 3.47. The summed E-state index contributed by atoms with van der Waals surface area (Å²) >= 11 is 4.61. The van der Waals surface area contributed by atoms with Crippen molar-refractivity contribution in [3.63, 3.8) is 0 Å². The van der Waals surface area contributed by atoms with E-state index in [2.05, 4.69) is 26.0 Å². The van der Waals surface area contributed by atoms with Crippen LogP contribution in [-0.4, -0.2) is 14.6 Å². The molecule has 0 saturated carbocycles. The maximum atomic E-state index is 13.3. The number of halogens is 2. The maximum absolute atomic E-state index is 13.3. The predicted octanol–water partition coefficient (Wildman–Crippen LogP) is 3.27. The molecule has 0 fully saturated rings. The molecule has 0 aliphatic carbocycles. The molecule has 118 valence electrons. The third-order valence-electron chi connectivity index (χ3n) is 3.43. The van der Waals surface area contributed by atoms with Gasteiger partial charge in [-0.1, -0.05) is 51.5 Å². The zero-order valence-corrected chi connectivity index (χ0v) is 14.5. The molecule has 0 N–H and O–H groups in total. The lowest BCUT2D eigenvalue weighted by Gasteiger charge is -1.94. The molecule has 2 heterocycles. The Bertz CT molecular complexity index is 1150.